The van der Waals surface area contributed by atoms with E-state index in [9.17, 15) is 14.7 Å². The number of aryl methyl sites for hydroxylation is 2. The third-order valence-corrected chi connectivity index (χ3v) is 4.79. The molecule has 0 bridgehead atoms. The largest absolute Gasteiger partial charge is 0.493 e. The van der Waals surface area contributed by atoms with Crippen molar-refractivity contribution in [2.45, 2.75) is 26.3 Å². The van der Waals surface area contributed by atoms with E-state index in [1.165, 1.54) is 0 Å². The Labute approximate surface area is 161 Å². The Hall–Kier alpha value is -3.61. The van der Waals surface area contributed by atoms with Crippen LogP contribution in [0.4, 0.5) is 0 Å². The lowest BCUT2D eigenvalue weighted by Gasteiger charge is -2.13. The smallest absolute Gasteiger partial charge is 0.335 e. The summed E-state index contributed by atoms with van der Waals surface area (Å²) in [5.41, 5.74) is 5.47. The molecule has 1 atom stereocenters. The molecule has 7 nitrogen and oxygen atoms in total. The van der Waals surface area contributed by atoms with Crippen LogP contribution in [0.5, 0.6) is 5.88 Å². The first kappa shape index (κ1) is 17.8. The quantitative estimate of drug-likeness (QED) is 0.653. The number of benzene rings is 2. The number of rotatable bonds is 3. The van der Waals surface area contributed by atoms with Gasteiger partial charge in [-0.3, -0.25) is 9.78 Å². The van der Waals surface area contributed by atoms with Gasteiger partial charge in [0.15, 0.2) is 0 Å². The van der Waals surface area contributed by atoms with E-state index in [4.69, 9.17) is 0 Å². The number of H-pyrrole nitrogens is 1. The van der Waals surface area contributed by atoms with Crippen LogP contribution in [-0.2, 0) is 0 Å². The van der Waals surface area contributed by atoms with Crippen LogP contribution in [0.25, 0.3) is 5.69 Å². The summed E-state index contributed by atoms with van der Waals surface area (Å²) < 4.78 is 1.11. The van der Waals surface area contributed by atoms with Crippen molar-refractivity contribution in [1.29, 1.82) is 0 Å². The highest BCUT2D eigenvalue weighted by Gasteiger charge is 2.27. The Morgan fingerprint density at radius 2 is 1.75 bits per heavy atom. The normalized spacial score (nSPS) is 15.9. The first-order chi connectivity index (χ1) is 13.4. The molecule has 7 heteroatoms. The van der Waals surface area contributed by atoms with Crippen molar-refractivity contribution in [3.63, 3.8) is 0 Å². The number of hydrogen-bond acceptors (Lipinski definition) is 5. The second kappa shape index (κ2) is 6.84. The standard InChI is InChI=1S/C21H20N4O3/c1-12-8-13(2)10-15(9-12)25-20(27)18(19(26)22-21(25)28)17-11-16(23-24-17)14-6-4-3-5-7-14/h3-10,16,23,27H,11H2,1-2H3,(H,22,26,28)/t16-/m0/s1. The lowest BCUT2D eigenvalue weighted by molar-refractivity contribution is 0.429. The van der Waals surface area contributed by atoms with E-state index in [1.54, 1.807) is 12.1 Å². The molecule has 2 aromatic carbocycles. The van der Waals surface area contributed by atoms with Gasteiger partial charge in [0.2, 0.25) is 5.88 Å². The Bertz CT molecular complexity index is 1170. The van der Waals surface area contributed by atoms with Crippen molar-refractivity contribution in [3.05, 3.63) is 91.6 Å². The van der Waals surface area contributed by atoms with E-state index in [0.29, 0.717) is 17.8 Å². The van der Waals surface area contributed by atoms with Crippen molar-refractivity contribution < 1.29 is 5.11 Å². The van der Waals surface area contributed by atoms with Gasteiger partial charge in [-0.25, -0.2) is 9.36 Å². The van der Waals surface area contributed by atoms with Crippen LogP contribution in [0.1, 0.15) is 34.7 Å². The van der Waals surface area contributed by atoms with E-state index in [-0.39, 0.29) is 11.6 Å². The van der Waals surface area contributed by atoms with Crippen molar-refractivity contribution in [2.24, 2.45) is 5.10 Å². The lowest BCUT2D eigenvalue weighted by atomic mass is 10.00. The summed E-state index contributed by atoms with van der Waals surface area (Å²) in [4.78, 5) is 27.2. The van der Waals surface area contributed by atoms with E-state index in [1.807, 2.05) is 50.2 Å². The van der Waals surface area contributed by atoms with Gasteiger partial charge in [0.05, 0.1) is 17.4 Å². The molecule has 0 aliphatic carbocycles. The van der Waals surface area contributed by atoms with E-state index in [0.717, 1.165) is 21.3 Å². The van der Waals surface area contributed by atoms with Crippen molar-refractivity contribution in [3.8, 4) is 11.6 Å². The molecule has 142 valence electrons. The molecule has 0 unspecified atom stereocenters. The highest BCUT2D eigenvalue weighted by Crippen LogP contribution is 2.27. The summed E-state index contributed by atoms with van der Waals surface area (Å²) in [5, 5.41) is 15.1. The molecule has 0 spiro atoms. The number of hydrogen-bond donors (Lipinski definition) is 3. The maximum atomic E-state index is 12.5. The number of nitrogens with zero attached hydrogens (tertiary/aromatic N) is 2. The van der Waals surface area contributed by atoms with Crippen LogP contribution in [0.3, 0.4) is 0 Å². The van der Waals surface area contributed by atoms with Gasteiger partial charge in [0.1, 0.15) is 5.56 Å². The first-order valence-electron chi connectivity index (χ1n) is 8.98. The van der Waals surface area contributed by atoms with Crippen molar-refractivity contribution in [2.75, 3.05) is 0 Å². The molecule has 0 amide bonds. The number of aromatic hydroxyl groups is 1. The molecule has 28 heavy (non-hydrogen) atoms. The molecule has 0 saturated carbocycles. The third kappa shape index (κ3) is 3.11. The fourth-order valence-corrected chi connectivity index (χ4v) is 3.58. The van der Waals surface area contributed by atoms with Crippen LogP contribution in [0.2, 0.25) is 0 Å². The molecule has 0 radical (unpaired) electrons. The third-order valence-electron chi connectivity index (χ3n) is 4.79. The number of hydrazone groups is 1. The second-order valence-corrected chi connectivity index (χ2v) is 6.99. The minimum Gasteiger partial charge on any atom is -0.493 e. The summed E-state index contributed by atoms with van der Waals surface area (Å²) in [7, 11) is 0. The zero-order valence-electron chi connectivity index (χ0n) is 15.6. The minimum absolute atomic E-state index is 0.00434. The number of aromatic nitrogens is 2. The van der Waals surface area contributed by atoms with Gasteiger partial charge >= 0.3 is 5.69 Å². The fourth-order valence-electron chi connectivity index (χ4n) is 3.58. The maximum absolute atomic E-state index is 12.5. The molecule has 1 aliphatic rings. The van der Waals surface area contributed by atoms with E-state index < -0.39 is 17.1 Å². The topological polar surface area (TPSA) is 99.5 Å². The van der Waals surface area contributed by atoms with Gasteiger partial charge in [-0.2, -0.15) is 5.10 Å². The minimum atomic E-state index is -0.692. The maximum Gasteiger partial charge on any atom is 0.335 e. The van der Waals surface area contributed by atoms with Gasteiger partial charge in [-0.15, -0.1) is 0 Å². The first-order valence-corrected chi connectivity index (χ1v) is 8.98. The van der Waals surface area contributed by atoms with Gasteiger partial charge in [-0.05, 0) is 42.7 Å². The molecule has 4 rings (SSSR count). The fraction of sp³-hybridized carbons (Fsp3) is 0.190. The average Bonchev–Trinajstić information content (AvgIpc) is 3.11. The lowest BCUT2D eigenvalue weighted by Crippen LogP contribution is -2.33. The van der Waals surface area contributed by atoms with Gasteiger partial charge in [0.25, 0.3) is 5.56 Å². The molecule has 1 aromatic heterocycles. The summed E-state index contributed by atoms with van der Waals surface area (Å²) in [5.74, 6) is -0.409. The van der Waals surface area contributed by atoms with Gasteiger partial charge < -0.3 is 10.5 Å². The van der Waals surface area contributed by atoms with E-state index in [2.05, 4.69) is 15.5 Å². The molecule has 3 N–H and O–H groups in total. The number of aromatic amines is 1. The highest BCUT2D eigenvalue weighted by atomic mass is 16.3. The van der Waals surface area contributed by atoms with Crippen LogP contribution < -0.4 is 16.7 Å². The predicted molar refractivity (Wildman–Crippen MR) is 107 cm³/mol. The van der Waals surface area contributed by atoms with Crippen molar-refractivity contribution in [1.82, 2.24) is 15.0 Å². The SMILES string of the molecule is Cc1cc(C)cc(-n2c(O)c(C3=NN[C@H](c4ccccc4)C3)c(=O)[nH]c2=O)c1. The predicted octanol–water partition coefficient (Wildman–Crippen LogP) is 2.29. The van der Waals surface area contributed by atoms with Crippen LogP contribution in [0.15, 0.2) is 63.2 Å². The Morgan fingerprint density at radius 1 is 1.07 bits per heavy atom. The number of nitrogens with one attached hydrogen (secondary N) is 2. The summed E-state index contributed by atoms with van der Waals surface area (Å²) in [6, 6.07) is 15.1. The molecule has 2 heterocycles. The summed E-state index contributed by atoms with van der Waals surface area (Å²) in [6.45, 7) is 3.81. The summed E-state index contributed by atoms with van der Waals surface area (Å²) >= 11 is 0. The van der Waals surface area contributed by atoms with Crippen LogP contribution in [-0.4, -0.2) is 20.4 Å². The molecule has 3 aromatic rings. The van der Waals surface area contributed by atoms with Gasteiger partial charge in [-0.1, -0.05) is 36.4 Å². The van der Waals surface area contributed by atoms with Crippen LogP contribution in [0, 0.1) is 13.8 Å². The average molecular weight is 376 g/mol. The monoisotopic (exact) mass is 376 g/mol. The molecular formula is C21H20N4O3. The Morgan fingerprint density at radius 3 is 2.43 bits per heavy atom. The molecule has 1 aliphatic heterocycles. The molecular weight excluding hydrogens is 356 g/mol. The Balaban J connectivity index is 1.79. The summed E-state index contributed by atoms with van der Waals surface area (Å²) in [6.07, 6.45) is 0.422. The zero-order valence-corrected chi connectivity index (χ0v) is 15.6. The van der Waals surface area contributed by atoms with Crippen LogP contribution >= 0.6 is 0 Å². The highest BCUT2D eigenvalue weighted by molar-refractivity contribution is 6.03. The van der Waals surface area contributed by atoms with Gasteiger partial charge in [0, 0.05) is 6.42 Å². The van der Waals surface area contributed by atoms with Crippen molar-refractivity contribution >= 4 is 5.71 Å². The zero-order chi connectivity index (χ0) is 19.8. The second-order valence-electron chi connectivity index (χ2n) is 6.99. The van der Waals surface area contributed by atoms with E-state index >= 15 is 0 Å². The Kier molecular flexibility index (Phi) is 4.35. The molecule has 0 fully saturated rings. The molecule has 0 saturated heterocycles.